The summed E-state index contributed by atoms with van der Waals surface area (Å²) in [5.74, 6) is 0.465. The van der Waals surface area contributed by atoms with E-state index in [1.807, 2.05) is 0 Å². The van der Waals surface area contributed by atoms with Gasteiger partial charge in [0.2, 0.25) is 0 Å². The minimum absolute atomic E-state index is 0.0767. The van der Waals surface area contributed by atoms with Crippen LogP contribution in [0.3, 0.4) is 0 Å². The quantitative estimate of drug-likeness (QED) is 0.794. The molecule has 2 atom stereocenters. The van der Waals surface area contributed by atoms with Crippen molar-refractivity contribution in [3.63, 3.8) is 0 Å². The van der Waals surface area contributed by atoms with Crippen LogP contribution in [0.1, 0.15) is 38.2 Å². The van der Waals surface area contributed by atoms with Crippen molar-refractivity contribution in [3.8, 4) is 0 Å². The molecule has 0 spiro atoms. The van der Waals surface area contributed by atoms with Crippen molar-refractivity contribution >= 4 is 0 Å². The summed E-state index contributed by atoms with van der Waals surface area (Å²) in [5.41, 5.74) is 1.34. The predicted octanol–water partition coefficient (Wildman–Crippen LogP) is 2.15. The summed E-state index contributed by atoms with van der Waals surface area (Å²) in [7, 11) is 0. The molecule has 0 radical (unpaired) electrons. The predicted molar refractivity (Wildman–Crippen MR) is 69.8 cm³/mol. The summed E-state index contributed by atoms with van der Waals surface area (Å²) in [6.45, 7) is 5.15. The van der Waals surface area contributed by atoms with Crippen LogP contribution in [-0.2, 0) is 13.1 Å². The van der Waals surface area contributed by atoms with Gasteiger partial charge in [0.15, 0.2) is 0 Å². The molecule has 1 aromatic heterocycles. The number of nitrogens with one attached hydrogen (secondary N) is 1. The normalized spacial score (nSPS) is 24.4. The SMILES string of the molecule is CCCn1ccc(CNCC2CCCC2O)c1. The molecule has 0 bridgehead atoms. The molecule has 1 aromatic rings. The standard InChI is InChI=1S/C14H24N2O/c1-2-7-16-8-6-12(11-16)9-15-10-13-4-3-5-14(13)17/h6,8,11,13-15,17H,2-5,7,9-10H2,1H3. The second kappa shape index (κ2) is 6.22. The van der Waals surface area contributed by atoms with Gasteiger partial charge in [-0.2, -0.15) is 0 Å². The van der Waals surface area contributed by atoms with Crippen LogP contribution in [0.25, 0.3) is 0 Å². The number of nitrogens with zero attached hydrogens (tertiary/aromatic N) is 1. The Kier molecular flexibility index (Phi) is 4.63. The Labute approximate surface area is 104 Å². The zero-order valence-electron chi connectivity index (χ0n) is 10.7. The molecule has 1 saturated carbocycles. The van der Waals surface area contributed by atoms with E-state index in [0.717, 1.165) is 26.1 Å². The topological polar surface area (TPSA) is 37.2 Å². The van der Waals surface area contributed by atoms with E-state index < -0.39 is 0 Å². The van der Waals surface area contributed by atoms with Crippen LogP contribution in [0.4, 0.5) is 0 Å². The van der Waals surface area contributed by atoms with Crippen molar-refractivity contribution in [2.75, 3.05) is 6.54 Å². The highest BCUT2D eigenvalue weighted by molar-refractivity contribution is 5.09. The van der Waals surface area contributed by atoms with E-state index in [-0.39, 0.29) is 6.10 Å². The summed E-state index contributed by atoms with van der Waals surface area (Å²) in [4.78, 5) is 0. The molecule has 0 amide bonds. The highest BCUT2D eigenvalue weighted by atomic mass is 16.3. The van der Waals surface area contributed by atoms with E-state index >= 15 is 0 Å². The molecular formula is C14H24N2O. The van der Waals surface area contributed by atoms with Crippen molar-refractivity contribution in [2.45, 2.75) is 51.8 Å². The molecule has 0 saturated heterocycles. The summed E-state index contributed by atoms with van der Waals surface area (Å²) in [6.07, 6.45) is 8.79. The smallest absolute Gasteiger partial charge is 0.0580 e. The largest absolute Gasteiger partial charge is 0.393 e. The van der Waals surface area contributed by atoms with Gasteiger partial charge in [0, 0.05) is 32.0 Å². The molecule has 96 valence electrons. The molecule has 0 aliphatic heterocycles. The van der Waals surface area contributed by atoms with Crippen molar-refractivity contribution in [1.29, 1.82) is 0 Å². The lowest BCUT2D eigenvalue weighted by atomic mass is 10.1. The van der Waals surface area contributed by atoms with Gasteiger partial charge in [-0.3, -0.25) is 0 Å². The molecule has 2 unspecified atom stereocenters. The van der Waals surface area contributed by atoms with Gasteiger partial charge in [0.25, 0.3) is 0 Å². The molecule has 3 nitrogen and oxygen atoms in total. The van der Waals surface area contributed by atoms with E-state index in [0.29, 0.717) is 5.92 Å². The first-order valence-corrected chi connectivity index (χ1v) is 6.83. The number of rotatable bonds is 6. The maximum Gasteiger partial charge on any atom is 0.0580 e. The highest BCUT2D eigenvalue weighted by Gasteiger charge is 2.24. The molecule has 2 N–H and O–H groups in total. The van der Waals surface area contributed by atoms with Crippen LogP contribution in [0, 0.1) is 5.92 Å². The van der Waals surface area contributed by atoms with Gasteiger partial charge in [-0.05, 0) is 36.8 Å². The monoisotopic (exact) mass is 236 g/mol. The van der Waals surface area contributed by atoms with Crippen LogP contribution in [0.5, 0.6) is 0 Å². The van der Waals surface area contributed by atoms with E-state index in [4.69, 9.17) is 0 Å². The van der Waals surface area contributed by atoms with Crippen LogP contribution in [-0.4, -0.2) is 22.3 Å². The number of aliphatic hydroxyl groups excluding tert-OH is 1. The van der Waals surface area contributed by atoms with Crippen LogP contribution in [0.2, 0.25) is 0 Å². The highest BCUT2D eigenvalue weighted by Crippen LogP contribution is 2.24. The third-order valence-electron chi connectivity index (χ3n) is 3.65. The van der Waals surface area contributed by atoms with Gasteiger partial charge in [-0.15, -0.1) is 0 Å². The Bertz CT molecular complexity index is 335. The molecule has 1 aliphatic carbocycles. The fourth-order valence-corrected chi connectivity index (χ4v) is 2.65. The average Bonchev–Trinajstić information content (AvgIpc) is 2.90. The third kappa shape index (κ3) is 3.58. The first kappa shape index (κ1) is 12.7. The average molecular weight is 236 g/mol. The number of hydrogen-bond donors (Lipinski definition) is 2. The van der Waals surface area contributed by atoms with Gasteiger partial charge in [0.1, 0.15) is 0 Å². The summed E-state index contributed by atoms with van der Waals surface area (Å²) in [5, 5.41) is 13.2. The first-order chi connectivity index (χ1) is 8.29. The van der Waals surface area contributed by atoms with Gasteiger partial charge < -0.3 is 15.0 Å². The van der Waals surface area contributed by atoms with Gasteiger partial charge in [-0.25, -0.2) is 0 Å². The molecular weight excluding hydrogens is 212 g/mol. The van der Waals surface area contributed by atoms with Crippen LogP contribution < -0.4 is 5.32 Å². The molecule has 2 rings (SSSR count). The van der Waals surface area contributed by atoms with E-state index in [1.165, 1.54) is 24.8 Å². The fourth-order valence-electron chi connectivity index (χ4n) is 2.65. The zero-order chi connectivity index (χ0) is 12.1. The van der Waals surface area contributed by atoms with E-state index in [9.17, 15) is 5.11 Å². The fraction of sp³-hybridized carbons (Fsp3) is 0.714. The lowest BCUT2D eigenvalue weighted by molar-refractivity contribution is 0.131. The van der Waals surface area contributed by atoms with Crippen LogP contribution in [0.15, 0.2) is 18.5 Å². The molecule has 1 heterocycles. The summed E-state index contributed by atoms with van der Waals surface area (Å²) < 4.78 is 2.24. The Morgan fingerprint density at radius 3 is 3.06 bits per heavy atom. The van der Waals surface area contributed by atoms with E-state index in [2.05, 4.69) is 35.3 Å². The van der Waals surface area contributed by atoms with Crippen molar-refractivity contribution < 1.29 is 5.11 Å². The lowest BCUT2D eigenvalue weighted by Gasteiger charge is -2.14. The first-order valence-electron chi connectivity index (χ1n) is 6.83. The van der Waals surface area contributed by atoms with Crippen molar-refractivity contribution in [1.82, 2.24) is 9.88 Å². The minimum Gasteiger partial charge on any atom is -0.393 e. The zero-order valence-corrected chi connectivity index (χ0v) is 10.7. The van der Waals surface area contributed by atoms with E-state index in [1.54, 1.807) is 0 Å². The van der Waals surface area contributed by atoms with Crippen molar-refractivity contribution in [2.24, 2.45) is 5.92 Å². The number of aryl methyl sites for hydroxylation is 1. The Hall–Kier alpha value is -0.800. The second-order valence-electron chi connectivity index (χ2n) is 5.15. The van der Waals surface area contributed by atoms with Gasteiger partial charge in [-0.1, -0.05) is 13.3 Å². The summed E-state index contributed by atoms with van der Waals surface area (Å²) in [6, 6.07) is 2.17. The Morgan fingerprint density at radius 1 is 1.47 bits per heavy atom. The summed E-state index contributed by atoms with van der Waals surface area (Å²) >= 11 is 0. The molecule has 17 heavy (non-hydrogen) atoms. The van der Waals surface area contributed by atoms with Crippen molar-refractivity contribution in [3.05, 3.63) is 24.0 Å². The second-order valence-corrected chi connectivity index (χ2v) is 5.15. The Balaban J connectivity index is 1.70. The molecule has 1 aliphatic rings. The molecule has 1 fully saturated rings. The minimum atomic E-state index is -0.0767. The number of aromatic nitrogens is 1. The number of hydrogen-bond acceptors (Lipinski definition) is 2. The maximum atomic E-state index is 9.72. The van der Waals surface area contributed by atoms with Crippen LogP contribution >= 0.6 is 0 Å². The van der Waals surface area contributed by atoms with Gasteiger partial charge in [0.05, 0.1) is 6.10 Å². The Morgan fingerprint density at radius 2 is 2.35 bits per heavy atom. The number of aliphatic hydroxyl groups is 1. The molecule has 3 heteroatoms. The maximum absolute atomic E-state index is 9.72. The molecule has 0 aromatic carbocycles. The van der Waals surface area contributed by atoms with Gasteiger partial charge >= 0.3 is 0 Å². The lowest BCUT2D eigenvalue weighted by Crippen LogP contribution is -2.27. The third-order valence-corrected chi connectivity index (χ3v) is 3.65.